The van der Waals surface area contributed by atoms with Gasteiger partial charge in [-0.2, -0.15) is 0 Å². The summed E-state index contributed by atoms with van der Waals surface area (Å²) in [6.07, 6.45) is 1.84. The van der Waals surface area contributed by atoms with Gasteiger partial charge in [0, 0.05) is 28.7 Å². The molecule has 0 atom stereocenters. The highest BCUT2D eigenvalue weighted by atomic mass is 16.4. The molecule has 0 saturated carbocycles. The van der Waals surface area contributed by atoms with Crippen LogP contribution in [0.2, 0.25) is 0 Å². The van der Waals surface area contributed by atoms with Gasteiger partial charge in [0.25, 0.3) is 5.56 Å². The number of hydrogen-bond donors (Lipinski definition) is 0. The van der Waals surface area contributed by atoms with E-state index in [0.29, 0.717) is 11.0 Å². The van der Waals surface area contributed by atoms with Crippen LogP contribution in [0.25, 0.3) is 27.4 Å². The molecule has 0 saturated heterocycles. The Morgan fingerprint density at radius 3 is 2.52 bits per heavy atom. The van der Waals surface area contributed by atoms with E-state index >= 15 is 0 Å². The third-order valence-electron chi connectivity index (χ3n) is 4.00. The van der Waals surface area contributed by atoms with E-state index in [1.54, 1.807) is 22.8 Å². The molecule has 4 rings (SSSR count). The molecule has 112 valence electrons. The lowest BCUT2D eigenvalue weighted by Crippen LogP contribution is -2.18. The van der Waals surface area contributed by atoms with Crippen LogP contribution < -0.4 is 11.2 Å². The molecule has 0 unspecified atom stereocenters. The molecule has 4 heteroatoms. The van der Waals surface area contributed by atoms with Gasteiger partial charge in [0.15, 0.2) is 0 Å². The quantitative estimate of drug-likeness (QED) is 0.506. The molecule has 4 aromatic rings. The van der Waals surface area contributed by atoms with E-state index in [0.717, 1.165) is 22.0 Å². The van der Waals surface area contributed by atoms with Crippen LogP contribution in [0.4, 0.5) is 0 Å². The fourth-order valence-corrected chi connectivity index (χ4v) is 2.87. The Hall–Kier alpha value is -3.14. The monoisotopic (exact) mass is 303 g/mol. The van der Waals surface area contributed by atoms with Crippen molar-refractivity contribution in [3.05, 3.63) is 87.1 Å². The van der Waals surface area contributed by atoms with E-state index < -0.39 is 0 Å². The van der Waals surface area contributed by atoms with Gasteiger partial charge in [-0.05, 0) is 48.2 Å². The zero-order chi connectivity index (χ0) is 16.0. The second-order valence-electron chi connectivity index (χ2n) is 5.51. The SMILES string of the molecule is Cc1cn(-c2ccc3oc(=O)ccc3c2)c(=O)c2ccccc12. The zero-order valence-corrected chi connectivity index (χ0v) is 12.4. The third-order valence-corrected chi connectivity index (χ3v) is 4.00. The topological polar surface area (TPSA) is 52.2 Å². The highest BCUT2D eigenvalue weighted by Crippen LogP contribution is 2.19. The van der Waals surface area contributed by atoms with Crippen molar-refractivity contribution < 1.29 is 4.42 Å². The van der Waals surface area contributed by atoms with Crippen molar-refractivity contribution in [3.63, 3.8) is 0 Å². The van der Waals surface area contributed by atoms with Gasteiger partial charge < -0.3 is 4.42 Å². The molecule has 23 heavy (non-hydrogen) atoms. The highest BCUT2D eigenvalue weighted by Gasteiger charge is 2.08. The molecule has 0 amide bonds. The van der Waals surface area contributed by atoms with Gasteiger partial charge in [-0.3, -0.25) is 9.36 Å². The fraction of sp³-hybridized carbons (Fsp3) is 0.0526. The lowest BCUT2D eigenvalue weighted by Gasteiger charge is -2.10. The van der Waals surface area contributed by atoms with Crippen LogP contribution >= 0.6 is 0 Å². The first kappa shape index (κ1) is 13.5. The summed E-state index contributed by atoms with van der Waals surface area (Å²) in [4.78, 5) is 24.0. The molecule has 4 nitrogen and oxygen atoms in total. The maximum absolute atomic E-state index is 12.8. The molecule has 2 aromatic heterocycles. The van der Waals surface area contributed by atoms with Crippen molar-refractivity contribution in [3.8, 4) is 5.69 Å². The standard InChI is InChI=1S/C19H13NO3/c1-12-11-20(19(22)16-5-3-2-4-15(12)16)14-7-8-17-13(10-14)6-9-18(21)23-17/h2-11H,1H3. The van der Waals surface area contributed by atoms with E-state index in [2.05, 4.69) is 0 Å². The molecule has 2 aromatic carbocycles. The molecule has 0 aliphatic carbocycles. The lowest BCUT2D eigenvalue weighted by molar-refractivity contribution is 0.561. The lowest BCUT2D eigenvalue weighted by atomic mass is 10.1. The van der Waals surface area contributed by atoms with Crippen molar-refractivity contribution in [1.82, 2.24) is 4.57 Å². The molecule has 0 fully saturated rings. The summed E-state index contributed by atoms with van der Waals surface area (Å²) in [6, 6.07) is 16.0. The molecular weight excluding hydrogens is 290 g/mol. The smallest absolute Gasteiger partial charge is 0.336 e. The number of pyridine rings is 1. The van der Waals surface area contributed by atoms with Crippen molar-refractivity contribution in [2.75, 3.05) is 0 Å². The van der Waals surface area contributed by atoms with Gasteiger partial charge in [-0.1, -0.05) is 18.2 Å². The van der Waals surface area contributed by atoms with E-state index in [1.807, 2.05) is 43.5 Å². The summed E-state index contributed by atoms with van der Waals surface area (Å²) in [5, 5.41) is 2.42. The van der Waals surface area contributed by atoms with E-state index in [1.165, 1.54) is 6.07 Å². The Balaban J connectivity index is 2.02. The first-order chi connectivity index (χ1) is 11.1. The average molecular weight is 303 g/mol. The minimum Gasteiger partial charge on any atom is -0.423 e. The molecule has 0 N–H and O–H groups in total. The van der Waals surface area contributed by atoms with Crippen molar-refractivity contribution >= 4 is 21.7 Å². The van der Waals surface area contributed by atoms with Crippen LogP contribution in [0.5, 0.6) is 0 Å². The molecular formula is C19H13NO3. The minimum absolute atomic E-state index is 0.0667. The normalized spacial score (nSPS) is 11.2. The number of nitrogens with zero attached hydrogens (tertiary/aromatic N) is 1. The predicted octanol–water partition coefficient (Wildman–Crippen LogP) is 3.41. The molecule has 0 bridgehead atoms. The number of aryl methyl sites for hydroxylation is 1. The van der Waals surface area contributed by atoms with Gasteiger partial charge >= 0.3 is 5.63 Å². The number of rotatable bonds is 1. The molecule has 0 aliphatic rings. The van der Waals surface area contributed by atoms with Gasteiger partial charge in [-0.25, -0.2) is 4.79 Å². The van der Waals surface area contributed by atoms with Crippen molar-refractivity contribution in [2.45, 2.75) is 6.92 Å². The zero-order valence-electron chi connectivity index (χ0n) is 12.4. The van der Waals surface area contributed by atoms with Crippen LogP contribution in [0, 0.1) is 6.92 Å². The fourth-order valence-electron chi connectivity index (χ4n) is 2.87. The summed E-state index contributed by atoms with van der Waals surface area (Å²) in [5.41, 5.74) is 1.82. The Morgan fingerprint density at radius 1 is 0.913 bits per heavy atom. The first-order valence-electron chi connectivity index (χ1n) is 7.29. The summed E-state index contributed by atoms with van der Waals surface area (Å²) in [6.45, 7) is 1.98. The third kappa shape index (κ3) is 2.16. The number of benzene rings is 2. The van der Waals surface area contributed by atoms with Gasteiger partial charge in [0.1, 0.15) is 5.58 Å². The second-order valence-corrected chi connectivity index (χ2v) is 5.51. The molecule has 0 spiro atoms. The molecule has 2 heterocycles. The van der Waals surface area contributed by atoms with Crippen LogP contribution in [-0.4, -0.2) is 4.57 Å². The summed E-state index contributed by atoms with van der Waals surface area (Å²) in [7, 11) is 0. The Labute approximate surface area is 131 Å². The minimum atomic E-state index is -0.385. The Morgan fingerprint density at radius 2 is 1.70 bits per heavy atom. The summed E-state index contributed by atoms with van der Waals surface area (Å²) < 4.78 is 6.76. The first-order valence-corrected chi connectivity index (χ1v) is 7.29. The van der Waals surface area contributed by atoms with Gasteiger partial charge in [-0.15, -0.1) is 0 Å². The Bertz CT molecular complexity index is 1170. The van der Waals surface area contributed by atoms with E-state index in [4.69, 9.17) is 4.42 Å². The number of hydrogen-bond acceptors (Lipinski definition) is 3. The summed E-state index contributed by atoms with van der Waals surface area (Å²) in [5.74, 6) is 0. The largest absolute Gasteiger partial charge is 0.423 e. The van der Waals surface area contributed by atoms with Crippen LogP contribution in [-0.2, 0) is 0 Å². The molecule has 0 radical (unpaired) electrons. The van der Waals surface area contributed by atoms with Crippen LogP contribution in [0.1, 0.15) is 5.56 Å². The predicted molar refractivity (Wildman–Crippen MR) is 90.3 cm³/mol. The molecule has 0 aliphatic heterocycles. The van der Waals surface area contributed by atoms with Gasteiger partial charge in [0.05, 0.1) is 0 Å². The maximum atomic E-state index is 12.8. The highest BCUT2D eigenvalue weighted by molar-refractivity contribution is 5.85. The average Bonchev–Trinajstić information content (AvgIpc) is 2.58. The van der Waals surface area contributed by atoms with Crippen molar-refractivity contribution in [1.29, 1.82) is 0 Å². The number of aromatic nitrogens is 1. The van der Waals surface area contributed by atoms with Crippen LogP contribution in [0.15, 0.2) is 74.8 Å². The van der Waals surface area contributed by atoms with E-state index in [-0.39, 0.29) is 11.2 Å². The maximum Gasteiger partial charge on any atom is 0.336 e. The second kappa shape index (κ2) is 4.95. The van der Waals surface area contributed by atoms with Gasteiger partial charge in [0.2, 0.25) is 0 Å². The van der Waals surface area contributed by atoms with E-state index in [9.17, 15) is 9.59 Å². The summed E-state index contributed by atoms with van der Waals surface area (Å²) >= 11 is 0. The number of fused-ring (bicyclic) bond motifs is 2. The van der Waals surface area contributed by atoms with Crippen LogP contribution in [0.3, 0.4) is 0 Å². The van der Waals surface area contributed by atoms with Crippen molar-refractivity contribution in [2.24, 2.45) is 0 Å². The Kier molecular flexibility index (Phi) is 2.91.